The molecule has 2 heterocycles. The Kier molecular flexibility index (Phi) is 3.81. The van der Waals surface area contributed by atoms with Gasteiger partial charge in [-0.05, 0) is 19.9 Å². The van der Waals surface area contributed by atoms with Crippen LogP contribution < -0.4 is 0 Å². The van der Waals surface area contributed by atoms with E-state index < -0.39 is 15.6 Å². The van der Waals surface area contributed by atoms with Gasteiger partial charge >= 0.3 is 0 Å². The zero-order valence-corrected chi connectivity index (χ0v) is 13.0. The van der Waals surface area contributed by atoms with Crippen molar-refractivity contribution in [3.8, 4) is 0 Å². The van der Waals surface area contributed by atoms with E-state index >= 15 is 0 Å². The van der Waals surface area contributed by atoms with Gasteiger partial charge in [0.15, 0.2) is 0 Å². The number of rotatable bonds is 4. The molecule has 0 radical (unpaired) electrons. The van der Waals surface area contributed by atoms with Crippen molar-refractivity contribution in [3.63, 3.8) is 0 Å². The van der Waals surface area contributed by atoms with Crippen LogP contribution in [0.15, 0.2) is 23.4 Å². The molecule has 2 rings (SSSR count). The van der Waals surface area contributed by atoms with Crippen molar-refractivity contribution in [1.82, 2.24) is 14.3 Å². The standard InChI is InChI=1S/C12H16ClN3O3S/c1-12(2,17)7-16(3)20(18,19)9-6-15-11-10(9)8(13)4-5-14-11/h4-6,17H,7H2,1-3H3,(H,14,15). The van der Waals surface area contributed by atoms with Gasteiger partial charge in [0.1, 0.15) is 10.5 Å². The van der Waals surface area contributed by atoms with E-state index in [2.05, 4.69) is 9.97 Å². The number of aromatic nitrogens is 2. The van der Waals surface area contributed by atoms with Gasteiger partial charge in [0, 0.05) is 26.0 Å². The first-order valence-corrected chi connectivity index (χ1v) is 7.75. The van der Waals surface area contributed by atoms with Crippen LogP contribution in [-0.4, -0.2) is 47.0 Å². The summed E-state index contributed by atoms with van der Waals surface area (Å²) in [4.78, 5) is 6.88. The highest BCUT2D eigenvalue weighted by atomic mass is 35.5. The number of hydrogen-bond acceptors (Lipinski definition) is 4. The van der Waals surface area contributed by atoms with Crippen LogP contribution in [0.25, 0.3) is 11.0 Å². The van der Waals surface area contributed by atoms with E-state index in [1.54, 1.807) is 13.8 Å². The van der Waals surface area contributed by atoms with Crippen molar-refractivity contribution in [2.24, 2.45) is 0 Å². The van der Waals surface area contributed by atoms with Gasteiger partial charge in [-0.1, -0.05) is 11.6 Å². The summed E-state index contributed by atoms with van der Waals surface area (Å²) >= 11 is 6.06. The minimum atomic E-state index is -3.76. The third-order valence-electron chi connectivity index (χ3n) is 2.78. The topological polar surface area (TPSA) is 86.3 Å². The predicted octanol–water partition coefficient (Wildman–Crippen LogP) is 1.61. The highest BCUT2D eigenvalue weighted by molar-refractivity contribution is 7.89. The van der Waals surface area contributed by atoms with Gasteiger partial charge in [-0.2, -0.15) is 4.31 Å². The summed E-state index contributed by atoms with van der Waals surface area (Å²) in [6.45, 7) is 3.06. The lowest BCUT2D eigenvalue weighted by Crippen LogP contribution is -2.39. The molecule has 2 N–H and O–H groups in total. The number of pyridine rings is 1. The first-order valence-electron chi connectivity index (χ1n) is 5.93. The smallest absolute Gasteiger partial charge is 0.245 e. The fraction of sp³-hybridized carbons (Fsp3) is 0.417. The molecule has 2 aromatic heterocycles. The number of H-pyrrole nitrogens is 1. The Bertz CT molecular complexity index is 734. The Morgan fingerprint density at radius 3 is 2.75 bits per heavy atom. The van der Waals surface area contributed by atoms with E-state index in [0.717, 1.165) is 4.31 Å². The number of sulfonamides is 1. The second kappa shape index (κ2) is 5.00. The highest BCUT2D eigenvalue weighted by Gasteiger charge is 2.29. The average molecular weight is 318 g/mol. The first kappa shape index (κ1) is 15.2. The summed E-state index contributed by atoms with van der Waals surface area (Å²) in [5.41, 5.74) is -0.719. The minimum absolute atomic E-state index is 0.0279. The highest BCUT2D eigenvalue weighted by Crippen LogP contribution is 2.30. The van der Waals surface area contributed by atoms with Crippen LogP contribution in [0.4, 0.5) is 0 Å². The Morgan fingerprint density at radius 1 is 1.50 bits per heavy atom. The Labute approximate surface area is 122 Å². The van der Waals surface area contributed by atoms with Crippen molar-refractivity contribution in [2.45, 2.75) is 24.3 Å². The summed E-state index contributed by atoms with van der Waals surface area (Å²) in [5, 5.41) is 10.4. The summed E-state index contributed by atoms with van der Waals surface area (Å²) in [5.74, 6) is 0. The molecule has 0 spiro atoms. The second-order valence-electron chi connectivity index (χ2n) is 5.24. The molecular formula is C12H16ClN3O3S. The van der Waals surface area contributed by atoms with Gasteiger partial charge in [-0.15, -0.1) is 0 Å². The van der Waals surface area contributed by atoms with Gasteiger partial charge in [0.25, 0.3) is 0 Å². The van der Waals surface area contributed by atoms with Crippen LogP contribution in [-0.2, 0) is 10.0 Å². The molecule has 0 aliphatic carbocycles. The van der Waals surface area contributed by atoms with Crippen LogP contribution >= 0.6 is 11.6 Å². The lowest BCUT2D eigenvalue weighted by molar-refractivity contribution is 0.0640. The summed E-state index contributed by atoms with van der Waals surface area (Å²) < 4.78 is 26.2. The van der Waals surface area contributed by atoms with E-state index in [-0.39, 0.29) is 11.4 Å². The van der Waals surface area contributed by atoms with E-state index in [9.17, 15) is 13.5 Å². The van der Waals surface area contributed by atoms with Crippen LogP contribution in [0.5, 0.6) is 0 Å². The fourth-order valence-electron chi connectivity index (χ4n) is 1.99. The van der Waals surface area contributed by atoms with E-state index in [1.165, 1.54) is 25.5 Å². The number of nitrogens with zero attached hydrogens (tertiary/aromatic N) is 2. The van der Waals surface area contributed by atoms with Crippen molar-refractivity contribution in [3.05, 3.63) is 23.5 Å². The van der Waals surface area contributed by atoms with Crippen LogP contribution in [0, 0.1) is 0 Å². The van der Waals surface area contributed by atoms with E-state index in [4.69, 9.17) is 11.6 Å². The predicted molar refractivity (Wildman–Crippen MR) is 77.2 cm³/mol. The minimum Gasteiger partial charge on any atom is -0.389 e. The van der Waals surface area contributed by atoms with Crippen LogP contribution in [0.2, 0.25) is 5.02 Å². The Balaban J connectivity index is 2.53. The van der Waals surface area contributed by atoms with Crippen molar-refractivity contribution < 1.29 is 13.5 Å². The lowest BCUT2D eigenvalue weighted by atomic mass is 10.1. The third kappa shape index (κ3) is 2.80. The molecule has 0 aliphatic heterocycles. The molecule has 0 bridgehead atoms. The molecule has 0 unspecified atom stereocenters. The molecule has 8 heteroatoms. The zero-order chi connectivity index (χ0) is 15.1. The zero-order valence-electron chi connectivity index (χ0n) is 11.4. The van der Waals surface area contributed by atoms with Gasteiger partial charge in [-0.25, -0.2) is 13.4 Å². The largest absolute Gasteiger partial charge is 0.389 e. The van der Waals surface area contributed by atoms with Gasteiger partial charge in [0.2, 0.25) is 10.0 Å². The number of hydrogen-bond donors (Lipinski definition) is 2. The summed E-state index contributed by atoms with van der Waals surface area (Å²) in [6.07, 6.45) is 2.86. The van der Waals surface area contributed by atoms with E-state index in [0.29, 0.717) is 16.1 Å². The van der Waals surface area contributed by atoms with Crippen LogP contribution in [0.1, 0.15) is 13.8 Å². The second-order valence-corrected chi connectivity index (χ2v) is 7.66. The van der Waals surface area contributed by atoms with Gasteiger partial charge < -0.3 is 10.1 Å². The van der Waals surface area contributed by atoms with Crippen molar-refractivity contribution in [2.75, 3.05) is 13.6 Å². The number of nitrogens with one attached hydrogen (secondary N) is 1. The monoisotopic (exact) mass is 317 g/mol. The molecule has 0 amide bonds. The Morgan fingerprint density at radius 2 is 2.15 bits per heavy atom. The maximum absolute atomic E-state index is 12.5. The number of likely N-dealkylation sites (N-methyl/N-ethyl adjacent to an activating group) is 1. The molecule has 0 aliphatic rings. The fourth-order valence-corrected chi connectivity index (χ4v) is 3.79. The number of fused-ring (bicyclic) bond motifs is 1. The maximum atomic E-state index is 12.5. The maximum Gasteiger partial charge on any atom is 0.245 e. The van der Waals surface area contributed by atoms with Gasteiger partial charge in [0.05, 0.1) is 16.0 Å². The molecule has 6 nitrogen and oxygen atoms in total. The SMILES string of the molecule is CN(CC(C)(C)O)S(=O)(=O)c1c[nH]c2nccc(Cl)c12. The molecule has 0 saturated heterocycles. The van der Waals surface area contributed by atoms with Gasteiger partial charge in [-0.3, -0.25) is 0 Å². The van der Waals surface area contributed by atoms with Crippen molar-refractivity contribution in [1.29, 1.82) is 0 Å². The molecule has 0 fully saturated rings. The average Bonchev–Trinajstić information content (AvgIpc) is 2.72. The molecule has 0 atom stereocenters. The van der Waals surface area contributed by atoms with E-state index in [1.807, 2.05) is 0 Å². The number of aromatic amines is 1. The van der Waals surface area contributed by atoms with Crippen molar-refractivity contribution >= 4 is 32.7 Å². The van der Waals surface area contributed by atoms with Crippen LogP contribution in [0.3, 0.4) is 0 Å². The molecular weight excluding hydrogens is 302 g/mol. The molecule has 2 aromatic rings. The lowest BCUT2D eigenvalue weighted by Gasteiger charge is -2.24. The Hall–Kier alpha value is -1.15. The third-order valence-corrected chi connectivity index (χ3v) is 4.93. The normalized spacial score (nSPS) is 13.3. The molecule has 20 heavy (non-hydrogen) atoms. The molecule has 0 aromatic carbocycles. The summed E-state index contributed by atoms with van der Waals surface area (Å²) in [7, 11) is -2.35. The summed E-state index contributed by atoms with van der Waals surface area (Å²) in [6, 6.07) is 1.53. The number of halogens is 1. The quantitative estimate of drug-likeness (QED) is 0.897. The first-order chi connectivity index (χ1) is 9.13. The number of aliphatic hydroxyl groups is 1. The molecule has 0 saturated carbocycles. The molecule has 110 valence electrons.